The van der Waals surface area contributed by atoms with Crippen LogP contribution in [-0.2, 0) is 0 Å². The summed E-state index contributed by atoms with van der Waals surface area (Å²) in [5, 5.41) is 16.9. The number of hydrogen-bond donors (Lipinski definition) is 0. The number of benzene rings is 1. The van der Waals surface area contributed by atoms with E-state index < -0.39 is 0 Å². The van der Waals surface area contributed by atoms with Gasteiger partial charge in [0, 0.05) is 37.0 Å². The van der Waals surface area contributed by atoms with Crippen LogP contribution in [0.1, 0.15) is 30.5 Å². The fourth-order valence-corrected chi connectivity index (χ4v) is 4.38. The predicted molar refractivity (Wildman–Crippen MR) is 139 cm³/mol. The van der Waals surface area contributed by atoms with E-state index in [1.54, 1.807) is 12.1 Å². The summed E-state index contributed by atoms with van der Waals surface area (Å²) < 4.78 is 4.52. The van der Waals surface area contributed by atoms with Gasteiger partial charge in [-0.1, -0.05) is 28.8 Å². The van der Waals surface area contributed by atoms with E-state index in [9.17, 15) is 0 Å². The molecule has 6 nitrogen and oxygen atoms in total. The molecule has 0 aliphatic carbocycles. The minimum atomic E-state index is -0.0552. The van der Waals surface area contributed by atoms with Gasteiger partial charge < -0.3 is 8.96 Å². The van der Waals surface area contributed by atoms with Crippen molar-refractivity contribution in [3.05, 3.63) is 90.0 Å². The third-order valence-corrected chi connectivity index (χ3v) is 5.48. The molecule has 4 aromatic heterocycles. The van der Waals surface area contributed by atoms with Gasteiger partial charge in [-0.2, -0.15) is 16.0 Å². The molecule has 0 saturated heterocycles. The summed E-state index contributed by atoms with van der Waals surface area (Å²) in [7, 11) is 0. The largest absolute Gasteiger partial charge is 1.00 e. The van der Waals surface area contributed by atoms with Crippen molar-refractivity contribution in [2.75, 3.05) is 0 Å². The fourth-order valence-electron chi connectivity index (χ4n) is 4.38. The zero-order chi connectivity index (χ0) is 24.7. The molecule has 0 unspecified atom stereocenters. The molecule has 4 heterocycles. The van der Waals surface area contributed by atoms with Gasteiger partial charge in [-0.25, -0.2) is 9.97 Å². The molecule has 35 heavy (non-hydrogen) atoms. The molecule has 1 radical (unpaired) electrons. The van der Waals surface area contributed by atoms with Crippen LogP contribution in [0.4, 0.5) is 0 Å². The van der Waals surface area contributed by atoms with Crippen LogP contribution in [-0.4, -0.2) is 25.9 Å². The van der Waals surface area contributed by atoms with Crippen LogP contribution in [0.2, 0.25) is 0 Å². The van der Waals surface area contributed by atoms with Crippen molar-refractivity contribution in [2.45, 2.75) is 34.6 Å². The normalized spacial score (nSPS) is 9.83. The van der Waals surface area contributed by atoms with Crippen LogP contribution >= 0.6 is 0 Å². The predicted octanol–water partition coefficient (Wildman–Crippen LogP) is 2.17. The molecule has 0 amide bonds. The first-order valence-electron chi connectivity index (χ1n) is 11.0. The molecule has 5 aromatic rings. The maximum absolute atomic E-state index is 7.32. The van der Waals surface area contributed by atoms with Gasteiger partial charge in [0.15, 0.2) is 0 Å². The van der Waals surface area contributed by atoms with Crippen LogP contribution < -0.4 is 24.3 Å². The molecule has 0 bridgehead atoms. The number of nitrogens with zero attached hydrogens (tertiary/aromatic N) is 6. The summed E-state index contributed by atoms with van der Waals surface area (Å²) in [5.41, 5.74) is 7.07. The number of aryl methyl sites for hydroxylation is 3. The van der Waals surface area contributed by atoms with Crippen molar-refractivity contribution in [1.29, 1.82) is 10.5 Å². The van der Waals surface area contributed by atoms with E-state index in [1.165, 1.54) is 36.0 Å². The Morgan fingerprint density at radius 1 is 0.743 bits per heavy atom. The minimum Gasteiger partial charge on any atom is -0.510 e. The third-order valence-electron chi connectivity index (χ3n) is 5.48. The second-order valence-corrected chi connectivity index (χ2v) is 7.91. The van der Waals surface area contributed by atoms with Crippen molar-refractivity contribution in [1.82, 2.24) is 18.9 Å². The van der Waals surface area contributed by atoms with E-state index in [0.717, 1.165) is 22.1 Å². The van der Waals surface area contributed by atoms with Crippen LogP contribution in [0.15, 0.2) is 73.3 Å². The Morgan fingerprint density at radius 2 is 1.14 bits per heavy atom. The first-order valence-corrected chi connectivity index (χ1v) is 11.0. The smallest absolute Gasteiger partial charge is 0.510 e. The molecule has 169 valence electrons. The van der Waals surface area contributed by atoms with Crippen LogP contribution in [0.25, 0.3) is 22.1 Å². The van der Waals surface area contributed by atoms with Crippen LogP contribution in [0, 0.1) is 43.4 Å². The van der Waals surface area contributed by atoms with Gasteiger partial charge in [0.1, 0.15) is 6.98 Å². The zero-order valence-corrected chi connectivity index (χ0v) is 21.2. The van der Waals surface area contributed by atoms with E-state index in [4.69, 9.17) is 10.5 Å². The molecular formula is C27H27BLiN6. The SMILES string of the molecule is CC#N.CC#N.Cc1cc(C)c([B-](n2ccc3cccnc32)n2ccc3cccnc32)c(C)c1.[Li+]. The fraction of sp³-hybridized carbons (Fsp3) is 0.185. The molecule has 0 spiro atoms. The topological polar surface area (TPSA) is 83.2 Å². The molecular weight excluding hydrogens is 426 g/mol. The van der Waals surface area contributed by atoms with Crippen molar-refractivity contribution >= 4 is 34.5 Å². The monoisotopic (exact) mass is 453 g/mol. The number of rotatable bonds is 3. The minimum absolute atomic E-state index is 0. The Balaban J connectivity index is 0.000000564. The van der Waals surface area contributed by atoms with Gasteiger partial charge >= 0.3 is 18.9 Å². The number of hydrogen-bond acceptors (Lipinski definition) is 4. The number of nitriles is 2. The van der Waals surface area contributed by atoms with E-state index in [-0.39, 0.29) is 25.8 Å². The standard InChI is InChI=1S/C23H21BN4.2C2H3N.Li/c1-16-14-17(2)21(18(3)15-16)24(27-12-8-19-6-4-10-25-22(19)27)28-13-9-20-7-5-11-26-23(20)28;2*1-2-3;/h4-15H,1-3H3;2*1H3;/q-1;;;+1. The number of aromatic nitrogens is 4. The van der Waals surface area contributed by atoms with Gasteiger partial charge in [-0.3, -0.25) is 0 Å². The Bertz CT molecular complexity index is 1400. The zero-order valence-electron chi connectivity index (χ0n) is 21.2. The first-order chi connectivity index (χ1) is 16.5. The summed E-state index contributed by atoms with van der Waals surface area (Å²) in [4.78, 5) is 9.37. The van der Waals surface area contributed by atoms with Crippen LogP contribution in [0.5, 0.6) is 0 Å². The van der Waals surface area contributed by atoms with Gasteiger partial charge in [-0.15, -0.1) is 0 Å². The van der Waals surface area contributed by atoms with E-state index in [2.05, 4.69) is 88.5 Å². The van der Waals surface area contributed by atoms with Crippen molar-refractivity contribution in [3.8, 4) is 12.1 Å². The molecule has 0 aliphatic heterocycles. The second kappa shape index (κ2) is 12.6. The maximum Gasteiger partial charge on any atom is 1.00 e. The van der Waals surface area contributed by atoms with Gasteiger partial charge in [-0.05, 0) is 69.6 Å². The summed E-state index contributed by atoms with van der Waals surface area (Å²) in [6.45, 7) is 9.35. The number of fused-ring (bicyclic) bond motifs is 2. The maximum atomic E-state index is 7.32. The quantitative estimate of drug-likeness (QED) is 0.392. The van der Waals surface area contributed by atoms with E-state index in [1.807, 2.05) is 24.5 Å². The van der Waals surface area contributed by atoms with Crippen LogP contribution in [0.3, 0.4) is 0 Å². The molecule has 0 atom stereocenters. The third kappa shape index (κ3) is 5.84. The molecule has 5 rings (SSSR count). The molecule has 0 N–H and O–H groups in total. The second-order valence-electron chi connectivity index (χ2n) is 7.91. The Morgan fingerprint density at radius 3 is 1.54 bits per heavy atom. The summed E-state index contributed by atoms with van der Waals surface area (Å²) in [6, 6.07) is 20.5. The summed E-state index contributed by atoms with van der Waals surface area (Å²) in [5.74, 6) is 0. The molecule has 0 aliphatic rings. The molecule has 1 aromatic carbocycles. The molecule has 8 heteroatoms. The Labute approximate surface area is 219 Å². The average molecular weight is 453 g/mol. The van der Waals surface area contributed by atoms with Crippen molar-refractivity contribution < 1.29 is 18.9 Å². The van der Waals surface area contributed by atoms with Gasteiger partial charge in [0.05, 0.1) is 23.4 Å². The summed E-state index contributed by atoms with van der Waals surface area (Å²) in [6.07, 6.45) is 7.99. The van der Waals surface area contributed by atoms with Crippen molar-refractivity contribution in [3.63, 3.8) is 0 Å². The molecule has 0 saturated carbocycles. The first kappa shape index (κ1) is 27.5. The average Bonchev–Trinajstić information content (AvgIpc) is 3.42. The molecule has 0 fully saturated rings. The van der Waals surface area contributed by atoms with Crippen molar-refractivity contribution in [2.24, 2.45) is 0 Å². The van der Waals surface area contributed by atoms with Gasteiger partial charge in [0.2, 0.25) is 0 Å². The van der Waals surface area contributed by atoms with E-state index in [0.29, 0.717) is 0 Å². The van der Waals surface area contributed by atoms with Gasteiger partial charge in [0.25, 0.3) is 0 Å². The number of pyridine rings is 2. The summed E-state index contributed by atoms with van der Waals surface area (Å²) >= 11 is 0. The Kier molecular flexibility index (Phi) is 9.92. The van der Waals surface area contributed by atoms with E-state index >= 15 is 0 Å². The Hall–Kier alpha value is -3.76.